The first-order valence-electron chi connectivity index (χ1n) is 24.8. The van der Waals surface area contributed by atoms with Crippen molar-refractivity contribution in [3.8, 4) is 39.8 Å². The zero-order chi connectivity index (χ0) is 50.0. The molecule has 0 aliphatic carbocycles. The van der Waals surface area contributed by atoms with Crippen molar-refractivity contribution in [2.75, 3.05) is 26.4 Å². The van der Waals surface area contributed by atoms with E-state index in [1.165, 1.54) is 38.9 Å². The van der Waals surface area contributed by atoms with E-state index in [-0.39, 0.29) is 22.0 Å². The van der Waals surface area contributed by atoms with Gasteiger partial charge in [-0.3, -0.25) is 0 Å². The lowest BCUT2D eigenvalue weighted by Gasteiger charge is -2.38. The van der Waals surface area contributed by atoms with Gasteiger partial charge in [-0.1, -0.05) is 172 Å². The second-order valence-corrected chi connectivity index (χ2v) is 21.7. The number of rotatable bonds is 14. The van der Waals surface area contributed by atoms with E-state index in [0.29, 0.717) is 26.4 Å². The second-order valence-electron chi connectivity index (χ2n) is 21.7. The van der Waals surface area contributed by atoms with Crippen LogP contribution in [0, 0.1) is 0 Å². The van der Waals surface area contributed by atoms with E-state index < -0.39 is 5.41 Å². The average Bonchev–Trinajstić information content (AvgIpc) is 3.36. The molecule has 2 aromatic heterocycles. The lowest BCUT2D eigenvalue weighted by molar-refractivity contribution is 0.0764. The molecule has 2 heterocycles. The summed E-state index contributed by atoms with van der Waals surface area (Å²) in [7, 11) is 0. The maximum Gasteiger partial charge on any atom is 0.119 e. The van der Waals surface area contributed by atoms with Gasteiger partial charge in [0.15, 0.2) is 0 Å². The summed E-state index contributed by atoms with van der Waals surface area (Å²) in [5.74, 6) is 1.78. The van der Waals surface area contributed by atoms with Gasteiger partial charge in [-0.15, -0.1) is 0 Å². The van der Waals surface area contributed by atoms with Crippen LogP contribution in [0.5, 0.6) is 17.2 Å². The van der Waals surface area contributed by atoms with Crippen LogP contribution in [0.15, 0.2) is 182 Å². The topological polar surface area (TPSA) is 73.7 Å². The number of phenols is 1. The molecule has 71 heavy (non-hydrogen) atoms. The number of pyridine rings is 2. The SMILES string of the molecule is CC(C)(C)c1ccc(C(c2ccc(OCCOCCOc3ccc(-c4ccc5ccc6ccc(-c7ccc(O)cc7)nc6c5n4)cc3)cc2)(c2ccc(C(C)(C)C)cc2)c2ccc(C(C)(C)C)cc2)cc1. The maximum absolute atomic E-state index is 9.78. The third-order valence-corrected chi connectivity index (χ3v) is 13.7. The van der Waals surface area contributed by atoms with E-state index in [4.69, 9.17) is 24.2 Å². The van der Waals surface area contributed by atoms with Crippen molar-refractivity contribution in [2.45, 2.75) is 84.0 Å². The van der Waals surface area contributed by atoms with Crippen molar-refractivity contribution >= 4 is 21.8 Å². The number of aromatic hydroxyl groups is 1. The van der Waals surface area contributed by atoms with Crippen LogP contribution in [0.2, 0.25) is 0 Å². The van der Waals surface area contributed by atoms with Crippen molar-refractivity contribution in [1.82, 2.24) is 9.97 Å². The monoisotopic (exact) mass is 939 g/mol. The van der Waals surface area contributed by atoms with Crippen LogP contribution in [0.4, 0.5) is 0 Å². The Bertz CT molecular complexity index is 3090. The molecule has 0 saturated carbocycles. The van der Waals surface area contributed by atoms with Crippen LogP contribution >= 0.6 is 0 Å². The number of phenolic OH excluding ortho intramolecular Hbond substituents is 1. The van der Waals surface area contributed by atoms with Gasteiger partial charge in [-0.05, 0) is 128 Å². The Labute approximate surface area is 420 Å². The third kappa shape index (κ3) is 10.6. The van der Waals surface area contributed by atoms with E-state index in [1.54, 1.807) is 12.1 Å². The highest BCUT2D eigenvalue weighted by atomic mass is 16.5. The summed E-state index contributed by atoms with van der Waals surface area (Å²) >= 11 is 0. The molecule has 1 N–H and O–H groups in total. The lowest BCUT2D eigenvalue weighted by Crippen LogP contribution is -2.31. The van der Waals surface area contributed by atoms with Crippen molar-refractivity contribution in [3.05, 3.63) is 221 Å². The van der Waals surface area contributed by atoms with Gasteiger partial charge in [0.1, 0.15) is 30.5 Å². The molecule has 0 aliphatic rings. The Balaban J connectivity index is 0.856. The predicted octanol–water partition coefficient (Wildman–Crippen LogP) is 15.6. The fourth-order valence-electron chi connectivity index (χ4n) is 9.44. The van der Waals surface area contributed by atoms with Crippen LogP contribution < -0.4 is 9.47 Å². The number of hydrogen-bond acceptors (Lipinski definition) is 6. The molecular formula is C65H66N2O4. The van der Waals surface area contributed by atoms with Gasteiger partial charge < -0.3 is 19.3 Å². The van der Waals surface area contributed by atoms with Crippen LogP contribution in [0.3, 0.4) is 0 Å². The zero-order valence-electron chi connectivity index (χ0n) is 42.7. The van der Waals surface area contributed by atoms with Crippen LogP contribution in [0.25, 0.3) is 44.3 Å². The fraction of sp³-hybridized carbons (Fsp3) is 0.262. The van der Waals surface area contributed by atoms with Crippen molar-refractivity contribution in [2.24, 2.45) is 0 Å². The van der Waals surface area contributed by atoms with Crippen LogP contribution in [-0.2, 0) is 26.4 Å². The Morgan fingerprint density at radius 2 is 0.634 bits per heavy atom. The van der Waals surface area contributed by atoms with Gasteiger partial charge in [0.05, 0.1) is 41.1 Å². The highest BCUT2D eigenvalue weighted by Crippen LogP contribution is 2.47. The Morgan fingerprint density at radius 3 is 0.986 bits per heavy atom. The normalized spacial score (nSPS) is 12.4. The van der Waals surface area contributed by atoms with Crippen molar-refractivity contribution in [1.29, 1.82) is 0 Å². The summed E-state index contributed by atoms with van der Waals surface area (Å²) in [4.78, 5) is 10.1. The van der Waals surface area contributed by atoms with E-state index in [0.717, 1.165) is 55.8 Å². The highest BCUT2D eigenvalue weighted by molar-refractivity contribution is 6.04. The fourth-order valence-corrected chi connectivity index (χ4v) is 9.44. The van der Waals surface area contributed by atoms with Crippen LogP contribution in [0.1, 0.15) is 101 Å². The van der Waals surface area contributed by atoms with Crippen LogP contribution in [-0.4, -0.2) is 41.5 Å². The molecule has 0 saturated heterocycles. The van der Waals surface area contributed by atoms with Gasteiger partial charge in [0.25, 0.3) is 0 Å². The number of hydrogen-bond donors (Lipinski definition) is 1. The van der Waals surface area contributed by atoms with Gasteiger partial charge in [0.2, 0.25) is 0 Å². The molecule has 7 aromatic carbocycles. The minimum atomic E-state index is -0.590. The Kier molecular flexibility index (Phi) is 13.6. The molecule has 6 nitrogen and oxygen atoms in total. The summed E-state index contributed by atoms with van der Waals surface area (Å²) in [5.41, 5.74) is 13.5. The number of benzene rings is 7. The van der Waals surface area contributed by atoms with E-state index in [1.807, 2.05) is 48.5 Å². The molecule has 0 atom stereocenters. The number of nitrogens with zero attached hydrogens (tertiary/aromatic N) is 2. The van der Waals surface area contributed by atoms with Gasteiger partial charge in [-0.25, -0.2) is 9.97 Å². The van der Waals surface area contributed by atoms with E-state index >= 15 is 0 Å². The minimum Gasteiger partial charge on any atom is -0.508 e. The first-order chi connectivity index (χ1) is 34.0. The summed E-state index contributed by atoms with van der Waals surface area (Å²) < 4.78 is 18.3. The molecule has 9 rings (SSSR count). The smallest absolute Gasteiger partial charge is 0.119 e. The minimum absolute atomic E-state index is 0.0319. The first-order valence-corrected chi connectivity index (χ1v) is 24.8. The van der Waals surface area contributed by atoms with Crippen molar-refractivity contribution in [3.63, 3.8) is 0 Å². The summed E-state index contributed by atoms with van der Waals surface area (Å²) in [6, 6.07) is 63.9. The predicted molar refractivity (Wildman–Crippen MR) is 292 cm³/mol. The number of aromatic nitrogens is 2. The number of ether oxygens (including phenoxy) is 3. The molecule has 0 aliphatic heterocycles. The molecule has 0 amide bonds. The zero-order valence-corrected chi connectivity index (χ0v) is 42.7. The lowest BCUT2D eigenvalue weighted by atomic mass is 9.64. The first kappa shape index (κ1) is 48.7. The second kappa shape index (κ2) is 19.8. The maximum atomic E-state index is 9.78. The Hall–Kier alpha value is -7.28. The molecule has 360 valence electrons. The van der Waals surface area contributed by atoms with Crippen molar-refractivity contribution < 1.29 is 19.3 Å². The Morgan fingerprint density at radius 1 is 0.338 bits per heavy atom. The average molecular weight is 939 g/mol. The van der Waals surface area contributed by atoms with E-state index in [9.17, 15) is 5.11 Å². The molecule has 0 unspecified atom stereocenters. The van der Waals surface area contributed by atoms with Gasteiger partial charge >= 0.3 is 0 Å². The van der Waals surface area contributed by atoms with Gasteiger partial charge in [-0.2, -0.15) is 0 Å². The highest BCUT2D eigenvalue weighted by Gasteiger charge is 2.39. The third-order valence-electron chi connectivity index (χ3n) is 13.7. The summed E-state index contributed by atoms with van der Waals surface area (Å²) in [6.07, 6.45) is 0. The molecular weight excluding hydrogens is 873 g/mol. The summed E-state index contributed by atoms with van der Waals surface area (Å²) in [6.45, 7) is 22.1. The molecule has 6 heteroatoms. The standard InChI is InChI=1S/C65H66N2O4/c1-62(2,3)48-18-24-51(25-19-48)65(52-26-20-49(21-27-52)63(4,5)6,53-28-22-50(23-29-53)64(7,8)9)54-30-36-57(37-31-54)71-43-41-69-40-42-70-56-34-14-45(15-35-56)59-39-17-47-11-10-46-16-38-58(66-60(46)61(47)67-59)44-12-32-55(68)33-13-44/h10-39,68H,40-43H2,1-9H3. The van der Waals surface area contributed by atoms with E-state index in [2.05, 4.69) is 184 Å². The van der Waals surface area contributed by atoms with Gasteiger partial charge in [0, 0.05) is 21.9 Å². The molecule has 0 bridgehead atoms. The molecule has 0 spiro atoms. The summed E-state index contributed by atoms with van der Waals surface area (Å²) in [5, 5.41) is 11.8. The molecule has 0 fully saturated rings. The largest absolute Gasteiger partial charge is 0.508 e. The molecule has 0 radical (unpaired) electrons. The number of fused-ring (bicyclic) bond motifs is 3. The quantitative estimate of drug-likeness (QED) is 0.0665. The molecule has 9 aromatic rings.